The van der Waals surface area contributed by atoms with E-state index in [4.69, 9.17) is 14.2 Å². The van der Waals surface area contributed by atoms with Crippen molar-refractivity contribution in [2.45, 2.75) is 19.4 Å². The maximum absolute atomic E-state index is 12.7. The molecule has 1 saturated heterocycles. The molecule has 2 aromatic rings. The molecule has 138 valence electrons. The molecule has 6 heteroatoms. The molecule has 1 aliphatic heterocycles. The molecular formula is C20H24N2O4. The topological polar surface area (TPSA) is 69.7 Å². The van der Waals surface area contributed by atoms with Crippen LogP contribution in [0.5, 0.6) is 11.5 Å². The highest BCUT2D eigenvalue weighted by atomic mass is 16.5. The first-order chi connectivity index (χ1) is 12.7. The lowest BCUT2D eigenvalue weighted by Crippen LogP contribution is -2.40. The van der Waals surface area contributed by atoms with E-state index in [1.54, 1.807) is 37.7 Å². The minimum Gasteiger partial charge on any atom is -0.493 e. The fourth-order valence-electron chi connectivity index (χ4n) is 3.12. The molecule has 0 bridgehead atoms. The summed E-state index contributed by atoms with van der Waals surface area (Å²) in [5, 5.41) is 3.09. The molecule has 3 rings (SSSR count). The fourth-order valence-corrected chi connectivity index (χ4v) is 3.12. The molecule has 2 heterocycles. The number of pyridine rings is 1. The van der Waals surface area contributed by atoms with E-state index < -0.39 is 0 Å². The number of aromatic nitrogens is 1. The molecule has 1 aromatic heterocycles. The molecule has 2 atom stereocenters. The van der Waals surface area contributed by atoms with Gasteiger partial charge in [-0.2, -0.15) is 0 Å². The quantitative estimate of drug-likeness (QED) is 0.825. The predicted octanol–water partition coefficient (Wildman–Crippen LogP) is 2.48. The van der Waals surface area contributed by atoms with Crippen molar-refractivity contribution >= 4 is 5.91 Å². The zero-order valence-corrected chi connectivity index (χ0v) is 15.1. The summed E-state index contributed by atoms with van der Waals surface area (Å²) in [6, 6.07) is 9.18. The highest BCUT2D eigenvalue weighted by molar-refractivity contribution is 5.95. The van der Waals surface area contributed by atoms with Crippen LogP contribution in [0.4, 0.5) is 0 Å². The third-order valence-corrected chi connectivity index (χ3v) is 4.49. The molecule has 0 spiro atoms. The van der Waals surface area contributed by atoms with Crippen LogP contribution in [0.1, 0.15) is 22.8 Å². The van der Waals surface area contributed by atoms with Crippen LogP contribution >= 0.6 is 0 Å². The summed E-state index contributed by atoms with van der Waals surface area (Å²) in [5.41, 5.74) is 1.73. The molecular weight excluding hydrogens is 332 g/mol. The number of benzene rings is 1. The van der Waals surface area contributed by atoms with Gasteiger partial charge in [0.05, 0.1) is 33.0 Å². The van der Waals surface area contributed by atoms with Crippen molar-refractivity contribution in [2.24, 2.45) is 5.92 Å². The monoisotopic (exact) mass is 356 g/mol. The second-order valence-corrected chi connectivity index (χ2v) is 6.24. The molecule has 6 nitrogen and oxygen atoms in total. The Kier molecular flexibility index (Phi) is 6.07. The summed E-state index contributed by atoms with van der Waals surface area (Å²) >= 11 is 0. The van der Waals surface area contributed by atoms with E-state index in [9.17, 15) is 4.79 Å². The average molecular weight is 356 g/mol. The lowest BCUT2D eigenvalue weighted by Gasteiger charge is -2.19. The van der Waals surface area contributed by atoms with E-state index in [0.29, 0.717) is 36.9 Å². The van der Waals surface area contributed by atoms with Crippen molar-refractivity contribution in [1.29, 1.82) is 0 Å². The van der Waals surface area contributed by atoms with Gasteiger partial charge in [-0.1, -0.05) is 0 Å². The number of ether oxygens (including phenoxy) is 3. The number of nitrogens with zero attached hydrogens (tertiary/aromatic N) is 1. The maximum atomic E-state index is 12.7. The summed E-state index contributed by atoms with van der Waals surface area (Å²) in [4.78, 5) is 16.7. The number of rotatable bonds is 7. The van der Waals surface area contributed by atoms with Crippen molar-refractivity contribution in [3.05, 3.63) is 53.9 Å². The van der Waals surface area contributed by atoms with E-state index in [1.165, 1.54) is 5.56 Å². The lowest BCUT2D eigenvalue weighted by atomic mass is 9.95. The number of carbonyl (C=O) groups excluding carboxylic acids is 1. The zero-order valence-electron chi connectivity index (χ0n) is 15.1. The van der Waals surface area contributed by atoms with Crippen molar-refractivity contribution in [3.8, 4) is 11.5 Å². The number of nitrogens with one attached hydrogen (secondary N) is 1. The average Bonchev–Trinajstić information content (AvgIpc) is 3.09. The van der Waals surface area contributed by atoms with Crippen LogP contribution in [0.15, 0.2) is 42.7 Å². The summed E-state index contributed by atoms with van der Waals surface area (Å²) in [6.07, 6.45) is 4.41. The number of hydrogen-bond donors (Lipinski definition) is 1. The Balaban J connectivity index is 1.66. The molecule has 0 aliphatic carbocycles. The molecule has 1 N–H and O–H groups in total. The molecule has 0 radical (unpaired) electrons. The van der Waals surface area contributed by atoms with Crippen LogP contribution in [0.2, 0.25) is 0 Å². The first-order valence-electron chi connectivity index (χ1n) is 8.79. The van der Waals surface area contributed by atoms with Crippen LogP contribution < -0.4 is 14.8 Å². The van der Waals surface area contributed by atoms with E-state index in [2.05, 4.69) is 10.3 Å². The maximum Gasteiger partial charge on any atom is 0.251 e. The predicted molar refractivity (Wildman–Crippen MR) is 97.7 cm³/mol. The summed E-state index contributed by atoms with van der Waals surface area (Å²) < 4.78 is 16.4. The molecule has 0 saturated carbocycles. The Hall–Kier alpha value is -2.60. The largest absolute Gasteiger partial charge is 0.493 e. The minimum absolute atomic E-state index is 0.0202. The van der Waals surface area contributed by atoms with Gasteiger partial charge in [0.1, 0.15) is 0 Å². The lowest BCUT2D eigenvalue weighted by molar-refractivity contribution is 0.0924. The van der Waals surface area contributed by atoms with Gasteiger partial charge in [0.25, 0.3) is 5.91 Å². The molecule has 1 amide bonds. The van der Waals surface area contributed by atoms with Gasteiger partial charge in [0.2, 0.25) is 0 Å². The minimum atomic E-state index is -0.137. The molecule has 1 aromatic carbocycles. The Morgan fingerprint density at radius 3 is 2.77 bits per heavy atom. The Morgan fingerprint density at radius 2 is 2.04 bits per heavy atom. The number of amides is 1. The van der Waals surface area contributed by atoms with Gasteiger partial charge in [-0.05, 0) is 49.2 Å². The third-order valence-electron chi connectivity index (χ3n) is 4.49. The van der Waals surface area contributed by atoms with E-state index >= 15 is 0 Å². The van der Waals surface area contributed by atoms with Crippen LogP contribution in [0.3, 0.4) is 0 Å². The molecule has 1 aliphatic rings. The third kappa shape index (κ3) is 4.32. The Bertz CT molecular complexity index is 736. The van der Waals surface area contributed by atoms with E-state index in [1.807, 2.05) is 19.1 Å². The normalized spacial score (nSPS) is 19.2. The SMILES string of the molecule is CCOc1ccc(C(=O)N[C@@H]2COC[C@H]2Cc2ccncc2)cc1OC. The number of hydrogen-bond acceptors (Lipinski definition) is 5. The van der Waals surface area contributed by atoms with E-state index in [-0.39, 0.29) is 17.9 Å². The van der Waals surface area contributed by atoms with Crippen LogP contribution in [-0.2, 0) is 11.2 Å². The van der Waals surface area contributed by atoms with Crippen LogP contribution in [-0.4, -0.2) is 43.9 Å². The van der Waals surface area contributed by atoms with Crippen LogP contribution in [0, 0.1) is 5.92 Å². The van der Waals surface area contributed by atoms with Gasteiger partial charge in [0, 0.05) is 23.9 Å². The highest BCUT2D eigenvalue weighted by Crippen LogP contribution is 2.28. The van der Waals surface area contributed by atoms with Gasteiger partial charge >= 0.3 is 0 Å². The van der Waals surface area contributed by atoms with Crippen LogP contribution in [0.25, 0.3) is 0 Å². The Labute approximate surface area is 153 Å². The van der Waals surface area contributed by atoms with Crippen molar-refractivity contribution < 1.29 is 19.0 Å². The highest BCUT2D eigenvalue weighted by Gasteiger charge is 2.30. The van der Waals surface area contributed by atoms with Gasteiger partial charge in [0.15, 0.2) is 11.5 Å². The smallest absolute Gasteiger partial charge is 0.251 e. The number of carbonyl (C=O) groups is 1. The first-order valence-corrected chi connectivity index (χ1v) is 8.79. The molecule has 0 unspecified atom stereocenters. The summed E-state index contributed by atoms with van der Waals surface area (Å²) in [5.74, 6) is 1.29. The second-order valence-electron chi connectivity index (χ2n) is 6.24. The number of methoxy groups -OCH3 is 1. The van der Waals surface area contributed by atoms with Gasteiger partial charge in [-0.3, -0.25) is 9.78 Å². The molecule has 26 heavy (non-hydrogen) atoms. The van der Waals surface area contributed by atoms with E-state index in [0.717, 1.165) is 6.42 Å². The first kappa shape index (κ1) is 18.2. The van der Waals surface area contributed by atoms with Gasteiger partial charge in [-0.15, -0.1) is 0 Å². The Morgan fingerprint density at radius 1 is 1.23 bits per heavy atom. The molecule has 1 fully saturated rings. The van der Waals surface area contributed by atoms with Crippen molar-refractivity contribution in [2.75, 3.05) is 26.9 Å². The van der Waals surface area contributed by atoms with Crippen molar-refractivity contribution in [3.63, 3.8) is 0 Å². The standard InChI is InChI=1S/C20H24N2O4/c1-3-26-18-5-4-15(11-19(18)24-2)20(23)22-17-13-25-12-16(17)10-14-6-8-21-9-7-14/h4-9,11,16-17H,3,10,12-13H2,1-2H3,(H,22,23)/t16-,17-/m1/s1. The fraction of sp³-hybridized carbons (Fsp3) is 0.400. The van der Waals surface area contributed by atoms with Crippen molar-refractivity contribution in [1.82, 2.24) is 10.3 Å². The second kappa shape index (κ2) is 8.67. The van der Waals surface area contributed by atoms with Gasteiger partial charge < -0.3 is 19.5 Å². The summed E-state index contributed by atoms with van der Waals surface area (Å²) in [7, 11) is 1.56. The van der Waals surface area contributed by atoms with Gasteiger partial charge in [-0.25, -0.2) is 0 Å². The zero-order chi connectivity index (χ0) is 18.4. The summed E-state index contributed by atoms with van der Waals surface area (Å²) in [6.45, 7) is 3.61.